The molecule has 1 aromatic carbocycles. The van der Waals surface area contributed by atoms with Gasteiger partial charge in [0, 0.05) is 25.2 Å². The summed E-state index contributed by atoms with van der Waals surface area (Å²) in [4.78, 5) is 14.1. The average Bonchev–Trinajstić information content (AvgIpc) is 3.25. The number of nitrogens with zero attached hydrogens (tertiary/aromatic N) is 3. The number of anilines is 1. The van der Waals surface area contributed by atoms with Gasteiger partial charge in [-0.2, -0.15) is 0 Å². The number of carbonyl (C=O) groups is 1. The predicted octanol–water partition coefficient (Wildman–Crippen LogP) is 3.76. The van der Waals surface area contributed by atoms with Crippen LogP contribution in [0.15, 0.2) is 32.7 Å². The number of aromatic nitrogens is 2. The summed E-state index contributed by atoms with van der Waals surface area (Å²) in [5, 5.41) is 17.4. The standard InChI is InChI=1S/C18H21N3O3S/c1-3-16-19-20-18(24-16)25-15(17(22)23)11-13-6-7-14(12(2)10-13)21-8-4-5-9-21/h6-7,10-11H,3-5,8-9H2,1-2H3,(H,22,23)/b15-11+. The van der Waals surface area contributed by atoms with Gasteiger partial charge in [-0.05, 0) is 60.9 Å². The van der Waals surface area contributed by atoms with Gasteiger partial charge in [-0.1, -0.05) is 13.0 Å². The van der Waals surface area contributed by atoms with Crippen LogP contribution in [-0.2, 0) is 11.2 Å². The molecule has 132 valence electrons. The Morgan fingerprint density at radius 2 is 2.12 bits per heavy atom. The molecule has 2 heterocycles. The van der Waals surface area contributed by atoms with Crippen LogP contribution in [0.3, 0.4) is 0 Å². The second kappa shape index (κ2) is 7.74. The Labute approximate surface area is 150 Å². The van der Waals surface area contributed by atoms with Crippen LogP contribution in [0, 0.1) is 6.92 Å². The third kappa shape index (κ3) is 4.22. The first-order valence-electron chi connectivity index (χ1n) is 8.37. The van der Waals surface area contributed by atoms with Crippen LogP contribution >= 0.6 is 11.8 Å². The number of carboxylic acid groups (broad SMARTS) is 1. The maximum absolute atomic E-state index is 11.6. The highest BCUT2D eigenvalue weighted by atomic mass is 32.2. The molecule has 0 amide bonds. The van der Waals surface area contributed by atoms with Crippen molar-refractivity contribution in [3.63, 3.8) is 0 Å². The Bertz CT molecular complexity index is 795. The molecule has 0 saturated carbocycles. The van der Waals surface area contributed by atoms with Crippen LogP contribution in [0.4, 0.5) is 5.69 Å². The van der Waals surface area contributed by atoms with Crippen molar-refractivity contribution in [1.29, 1.82) is 0 Å². The fraction of sp³-hybridized carbons (Fsp3) is 0.389. The van der Waals surface area contributed by atoms with Gasteiger partial charge in [0.1, 0.15) is 4.91 Å². The molecular weight excluding hydrogens is 338 g/mol. The van der Waals surface area contributed by atoms with Crippen LogP contribution in [0.5, 0.6) is 0 Å². The van der Waals surface area contributed by atoms with E-state index in [1.54, 1.807) is 6.08 Å². The van der Waals surface area contributed by atoms with Gasteiger partial charge in [0.2, 0.25) is 5.89 Å². The molecule has 1 N–H and O–H groups in total. The second-order valence-corrected chi connectivity index (χ2v) is 6.96. The summed E-state index contributed by atoms with van der Waals surface area (Å²) in [5.74, 6) is -0.513. The molecule has 1 aliphatic heterocycles. The quantitative estimate of drug-likeness (QED) is 0.621. The zero-order valence-electron chi connectivity index (χ0n) is 14.4. The van der Waals surface area contributed by atoms with E-state index in [1.807, 2.05) is 19.1 Å². The fourth-order valence-electron chi connectivity index (χ4n) is 2.88. The number of carboxylic acids is 1. The van der Waals surface area contributed by atoms with Crippen LogP contribution in [0.1, 0.15) is 36.8 Å². The molecule has 25 heavy (non-hydrogen) atoms. The van der Waals surface area contributed by atoms with E-state index in [0.717, 1.165) is 36.0 Å². The second-order valence-electron chi connectivity index (χ2n) is 5.97. The molecule has 1 saturated heterocycles. The number of benzene rings is 1. The monoisotopic (exact) mass is 359 g/mol. The summed E-state index contributed by atoms with van der Waals surface area (Å²) in [7, 11) is 0. The minimum atomic E-state index is -1.01. The van der Waals surface area contributed by atoms with Gasteiger partial charge in [0.15, 0.2) is 0 Å². The maximum atomic E-state index is 11.6. The normalized spacial score (nSPS) is 15.0. The topological polar surface area (TPSA) is 79.5 Å². The van der Waals surface area contributed by atoms with Gasteiger partial charge >= 0.3 is 5.97 Å². The summed E-state index contributed by atoms with van der Waals surface area (Å²) >= 11 is 0.974. The van der Waals surface area contributed by atoms with Crippen molar-refractivity contribution in [2.45, 2.75) is 38.3 Å². The molecule has 2 aromatic rings. The van der Waals surface area contributed by atoms with E-state index in [4.69, 9.17) is 4.42 Å². The van der Waals surface area contributed by atoms with E-state index in [-0.39, 0.29) is 10.1 Å². The van der Waals surface area contributed by atoms with E-state index >= 15 is 0 Å². The van der Waals surface area contributed by atoms with Crippen molar-refractivity contribution in [3.05, 3.63) is 40.1 Å². The zero-order chi connectivity index (χ0) is 17.8. The number of aliphatic carboxylic acids is 1. The van der Waals surface area contributed by atoms with Crippen molar-refractivity contribution in [1.82, 2.24) is 10.2 Å². The molecule has 0 atom stereocenters. The Kier molecular flexibility index (Phi) is 5.43. The molecule has 0 radical (unpaired) electrons. The van der Waals surface area contributed by atoms with E-state index in [1.165, 1.54) is 18.5 Å². The van der Waals surface area contributed by atoms with Gasteiger partial charge in [-0.3, -0.25) is 0 Å². The van der Waals surface area contributed by atoms with Crippen molar-refractivity contribution < 1.29 is 14.3 Å². The summed E-state index contributed by atoms with van der Waals surface area (Å²) in [6.07, 6.45) is 4.72. The predicted molar refractivity (Wildman–Crippen MR) is 97.8 cm³/mol. The van der Waals surface area contributed by atoms with Crippen LogP contribution in [0.25, 0.3) is 6.08 Å². The first-order chi connectivity index (χ1) is 12.1. The van der Waals surface area contributed by atoms with Crippen molar-refractivity contribution in [2.75, 3.05) is 18.0 Å². The lowest BCUT2D eigenvalue weighted by Gasteiger charge is -2.20. The molecule has 1 aliphatic rings. The van der Waals surface area contributed by atoms with Crippen molar-refractivity contribution in [3.8, 4) is 0 Å². The lowest BCUT2D eigenvalue weighted by molar-refractivity contribution is -0.131. The zero-order valence-corrected chi connectivity index (χ0v) is 15.2. The molecule has 0 bridgehead atoms. The van der Waals surface area contributed by atoms with Gasteiger partial charge in [-0.15, -0.1) is 10.2 Å². The molecular formula is C18H21N3O3S. The van der Waals surface area contributed by atoms with Crippen molar-refractivity contribution >= 4 is 29.5 Å². The van der Waals surface area contributed by atoms with E-state index < -0.39 is 5.97 Å². The summed E-state index contributed by atoms with van der Waals surface area (Å²) in [6.45, 7) is 6.14. The summed E-state index contributed by atoms with van der Waals surface area (Å²) in [5.41, 5.74) is 3.22. The molecule has 7 heteroatoms. The van der Waals surface area contributed by atoms with Crippen LogP contribution in [0.2, 0.25) is 0 Å². The lowest BCUT2D eigenvalue weighted by atomic mass is 10.1. The third-order valence-corrected chi connectivity index (χ3v) is 4.98. The molecule has 3 rings (SSSR count). The molecule has 6 nitrogen and oxygen atoms in total. The Morgan fingerprint density at radius 3 is 2.72 bits per heavy atom. The summed E-state index contributed by atoms with van der Waals surface area (Å²) < 4.78 is 5.39. The highest BCUT2D eigenvalue weighted by Gasteiger charge is 2.16. The SMILES string of the molecule is CCc1nnc(S/C(=C/c2ccc(N3CCCC3)c(C)c2)C(=O)O)o1. The molecule has 0 spiro atoms. The highest BCUT2D eigenvalue weighted by molar-refractivity contribution is 8.03. The van der Waals surface area contributed by atoms with E-state index in [0.29, 0.717) is 12.3 Å². The number of hydrogen-bond acceptors (Lipinski definition) is 6. The Hall–Kier alpha value is -2.28. The Balaban J connectivity index is 1.82. The fourth-order valence-corrected chi connectivity index (χ4v) is 3.57. The van der Waals surface area contributed by atoms with Gasteiger partial charge in [0.25, 0.3) is 5.22 Å². The van der Waals surface area contributed by atoms with Gasteiger partial charge < -0.3 is 14.4 Å². The summed E-state index contributed by atoms with van der Waals surface area (Å²) in [6, 6.07) is 6.04. The van der Waals surface area contributed by atoms with Crippen molar-refractivity contribution in [2.24, 2.45) is 0 Å². The van der Waals surface area contributed by atoms with Crippen LogP contribution < -0.4 is 4.90 Å². The maximum Gasteiger partial charge on any atom is 0.342 e. The smallest absolute Gasteiger partial charge is 0.342 e. The molecule has 1 aromatic heterocycles. The number of hydrogen-bond donors (Lipinski definition) is 1. The van der Waals surface area contributed by atoms with Gasteiger partial charge in [-0.25, -0.2) is 4.79 Å². The molecule has 0 aliphatic carbocycles. The highest BCUT2D eigenvalue weighted by Crippen LogP contribution is 2.30. The average molecular weight is 359 g/mol. The van der Waals surface area contributed by atoms with E-state index in [2.05, 4.69) is 28.1 Å². The number of aryl methyl sites for hydroxylation is 2. The molecule has 0 unspecified atom stereocenters. The Morgan fingerprint density at radius 1 is 1.36 bits per heavy atom. The number of rotatable bonds is 6. The van der Waals surface area contributed by atoms with E-state index in [9.17, 15) is 9.90 Å². The van der Waals surface area contributed by atoms with Crippen LogP contribution in [-0.4, -0.2) is 34.4 Å². The van der Waals surface area contributed by atoms with Gasteiger partial charge in [0.05, 0.1) is 0 Å². The minimum absolute atomic E-state index is 0.152. The lowest BCUT2D eigenvalue weighted by Crippen LogP contribution is -2.18. The number of thioether (sulfide) groups is 1. The largest absolute Gasteiger partial charge is 0.477 e. The minimum Gasteiger partial charge on any atom is -0.477 e. The molecule has 1 fully saturated rings. The third-order valence-electron chi connectivity index (χ3n) is 4.12. The first-order valence-corrected chi connectivity index (χ1v) is 9.19. The first kappa shape index (κ1) is 17.5.